The molecule has 0 amide bonds. The van der Waals surface area contributed by atoms with Crippen molar-refractivity contribution >= 4 is 0 Å². The Morgan fingerprint density at radius 2 is 1.88 bits per heavy atom. The fraction of sp³-hybridized carbons (Fsp3) is 0.529. The van der Waals surface area contributed by atoms with E-state index in [9.17, 15) is 0 Å². The third-order valence-electron chi connectivity index (χ3n) is 4.08. The fourth-order valence-electron chi connectivity index (χ4n) is 3.19. The third-order valence-corrected chi connectivity index (χ3v) is 4.08. The molecule has 0 nitrogen and oxygen atoms in total. The largest absolute Gasteiger partial charge is 0.0848 e. The highest BCUT2D eigenvalue weighted by atomic mass is 14.4. The number of aryl methyl sites for hydroxylation is 1. The lowest BCUT2D eigenvalue weighted by Crippen LogP contribution is -2.14. The van der Waals surface area contributed by atoms with E-state index in [0.717, 1.165) is 5.92 Å². The first-order valence-corrected chi connectivity index (χ1v) is 7.01. The van der Waals surface area contributed by atoms with Gasteiger partial charge in [-0.15, -0.1) is 0 Å². The summed E-state index contributed by atoms with van der Waals surface area (Å²) in [5, 5.41) is 0. The smallest absolute Gasteiger partial charge is 0.00720 e. The number of hydrogen-bond acceptors (Lipinski definition) is 0. The quantitative estimate of drug-likeness (QED) is 0.630. The molecule has 1 fully saturated rings. The number of hydrogen-bond donors (Lipinski definition) is 0. The lowest BCUT2D eigenvalue weighted by molar-refractivity contribution is 0.401. The Labute approximate surface area is 106 Å². The van der Waals surface area contributed by atoms with Crippen LogP contribution in [-0.4, -0.2) is 0 Å². The first kappa shape index (κ1) is 12.4. The predicted molar refractivity (Wildman–Crippen MR) is 75.1 cm³/mol. The standard InChI is InChI=1S/C15H18.C2H6/c1-12-2-4-13(5-3-12)10-15-8-6-14(11-15)7-9-15;1-2/h2-6,8,14H,7,9-11H2,1H3;1-2H3. The molecule has 3 rings (SSSR count). The van der Waals surface area contributed by atoms with Crippen molar-refractivity contribution in [3.63, 3.8) is 0 Å². The minimum absolute atomic E-state index is 0.528. The third kappa shape index (κ3) is 2.62. The van der Waals surface area contributed by atoms with E-state index in [-0.39, 0.29) is 0 Å². The van der Waals surface area contributed by atoms with E-state index < -0.39 is 0 Å². The maximum atomic E-state index is 2.49. The molecule has 17 heavy (non-hydrogen) atoms. The number of allylic oxidation sites excluding steroid dienone is 2. The molecule has 2 unspecified atom stereocenters. The van der Waals surface area contributed by atoms with E-state index >= 15 is 0 Å². The van der Waals surface area contributed by atoms with Crippen molar-refractivity contribution < 1.29 is 0 Å². The van der Waals surface area contributed by atoms with Gasteiger partial charge < -0.3 is 0 Å². The molecule has 2 aliphatic rings. The van der Waals surface area contributed by atoms with Gasteiger partial charge in [-0.25, -0.2) is 0 Å². The molecule has 1 aromatic rings. The molecule has 0 saturated heterocycles. The molecular weight excluding hydrogens is 204 g/mol. The monoisotopic (exact) mass is 228 g/mol. The summed E-state index contributed by atoms with van der Waals surface area (Å²) in [7, 11) is 0. The molecule has 0 aliphatic heterocycles. The SMILES string of the molecule is CC.Cc1ccc(CC23C=CC(CC2)C3)cc1. The van der Waals surface area contributed by atoms with Gasteiger partial charge in [0.2, 0.25) is 0 Å². The van der Waals surface area contributed by atoms with E-state index in [1.807, 2.05) is 13.8 Å². The number of rotatable bonds is 2. The van der Waals surface area contributed by atoms with Gasteiger partial charge in [0.25, 0.3) is 0 Å². The Bertz CT molecular complexity index is 385. The molecule has 0 spiro atoms. The van der Waals surface area contributed by atoms with E-state index in [0.29, 0.717) is 5.41 Å². The average Bonchev–Trinajstić information content (AvgIpc) is 2.95. The maximum absolute atomic E-state index is 2.49. The van der Waals surface area contributed by atoms with Gasteiger partial charge in [-0.1, -0.05) is 55.8 Å². The van der Waals surface area contributed by atoms with Crippen LogP contribution in [0.5, 0.6) is 0 Å². The molecule has 2 bridgehead atoms. The van der Waals surface area contributed by atoms with Gasteiger partial charge in [0.1, 0.15) is 0 Å². The normalized spacial score (nSPS) is 29.0. The lowest BCUT2D eigenvalue weighted by Gasteiger charge is -2.23. The van der Waals surface area contributed by atoms with Crippen molar-refractivity contribution in [2.24, 2.45) is 11.3 Å². The molecule has 2 atom stereocenters. The van der Waals surface area contributed by atoms with Crippen LogP contribution < -0.4 is 0 Å². The second kappa shape index (κ2) is 5.08. The van der Waals surface area contributed by atoms with Gasteiger partial charge in [-0.05, 0) is 49.5 Å². The minimum Gasteiger partial charge on any atom is -0.0848 e. The lowest BCUT2D eigenvalue weighted by atomic mass is 9.81. The second-order valence-electron chi connectivity index (χ2n) is 5.39. The summed E-state index contributed by atoms with van der Waals surface area (Å²) in [6, 6.07) is 9.06. The van der Waals surface area contributed by atoms with Crippen LogP contribution in [0.2, 0.25) is 0 Å². The zero-order chi connectivity index (χ0) is 12.3. The van der Waals surface area contributed by atoms with Crippen LogP contribution in [0.15, 0.2) is 36.4 Å². The van der Waals surface area contributed by atoms with E-state index in [1.165, 1.54) is 36.8 Å². The minimum atomic E-state index is 0.528. The molecule has 1 saturated carbocycles. The number of fused-ring (bicyclic) bond motifs is 2. The van der Waals surface area contributed by atoms with Crippen LogP contribution in [0.1, 0.15) is 44.2 Å². The Morgan fingerprint density at radius 1 is 1.18 bits per heavy atom. The highest BCUT2D eigenvalue weighted by molar-refractivity contribution is 5.26. The molecule has 0 radical (unpaired) electrons. The number of benzene rings is 1. The zero-order valence-electron chi connectivity index (χ0n) is 11.4. The molecule has 0 heteroatoms. The van der Waals surface area contributed by atoms with Gasteiger partial charge in [-0.2, -0.15) is 0 Å². The van der Waals surface area contributed by atoms with Crippen molar-refractivity contribution in [2.75, 3.05) is 0 Å². The van der Waals surface area contributed by atoms with Crippen molar-refractivity contribution in [3.8, 4) is 0 Å². The summed E-state index contributed by atoms with van der Waals surface area (Å²) in [5.41, 5.74) is 3.40. The first-order chi connectivity index (χ1) is 8.26. The average molecular weight is 228 g/mol. The van der Waals surface area contributed by atoms with Gasteiger partial charge >= 0.3 is 0 Å². The van der Waals surface area contributed by atoms with E-state index in [1.54, 1.807) is 0 Å². The summed E-state index contributed by atoms with van der Waals surface area (Å²) in [6.07, 6.45) is 10.4. The first-order valence-electron chi connectivity index (χ1n) is 7.01. The van der Waals surface area contributed by atoms with Crippen LogP contribution in [0.25, 0.3) is 0 Å². The Morgan fingerprint density at radius 3 is 2.35 bits per heavy atom. The van der Waals surface area contributed by atoms with Crippen molar-refractivity contribution in [3.05, 3.63) is 47.5 Å². The van der Waals surface area contributed by atoms with Crippen LogP contribution >= 0.6 is 0 Å². The molecule has 1 aromatic carbocycles. The predicted octanol–water partition coefficient (Wildman–Crippen LogP) is 4.92. The molecule has 0 aromatic heterocycles. The highest BCUT2D eigenvalue weighted by Gasteiger charge is 2.40. The summed E-state index contributed by atoms with van der Waals surface area (Å²) < 4.78 is 0. The summed E-state index contributed by atoms with van der Waals surface area (Å²) in [5.74, 6) is 0.899. The van der Waals surface area contributed by atoms with E-state index in [2.05, 4.69) is 43.3 Å². The Kier molecular flexibility index (Phi) is 3.71. The molecule has 92 valence electrons. The maximum Gasteiger partial charge on any atom is -0.00720 e. The molecule has 2 aliphatic carbocycles. The Hall–Kier alpha value is -1.04. The van der Waals surface area contributed by atoms with Crippen molar-refractivity contribution in [1.29, 1.82) is 0 Å². The van der Waals surface area contributed by atoms with Gasteiger partial charge in [-0.3, -0.25) is 0 Å². The van der Waals surface area contributed by atoms with Crippen LogP contribution in [0.3, 0.4) is 0 Å². The zero-order valence-corrected chi connectivity index (χ0v) is 11.4. The van der Waals surface area contributed by atoms with Gasteiger partial charge in [0.05, 0.1) is 0 Å². The summed E-state index contributed by atoms with van der Waals surface area (Å²) in [6.45, 7) is 6.16. The summed E-state index contributed by atoms with van der Waals surface area (Å²) >= 11 is 0. The van der Waals surface area contributed by atoms with Crippen LogP contribution in [0, 0.1) is 18.3 Å². The molecule has 0 N–H and O–H groups in total. The molecular formula is C17H24. The van der Waals surface area contributed by atoms with E-state index in [4.69, 9.17) is 0 Å². The van der Waals surface area contributed by atoms with Crippen molar-refractivity contribution in [1.82, 2.24) is 0 Å². The second-order valence-corrected chi connectivity index (χ2v) is 5.39. The van der Waals surface area contributed by atoms with Crippen molar-refractivity contribution in [2.45, 2.75) is 46.5 Å². The fourth-order valence-corrected chi connectivity index (χ4v) is 3.19. The highest BCUT2D eigenvalue weighted by Crippen LogP contribution is 2.50. The van der Waals surface area contributed by atoms with Crippen LogP contribution in [-0.2, 0) is 6.42 Å². The van der Waals surface area contributed by atoms with Gasteiger partial charge in [0.15, 0.2) is 0 Å². The summed E-state index contributed by atoms with van der Waals surface area (Å²) in [4.78, 5) is 0. The topological polar surface area (TPSA) is 0 Å². The van der Waals surface area contributed by atoms with Gasteiger partial charge in [0, 0.05) is 0 Å². The molecule has 0 heterocycles. The van der Waals surface area contributed by atoms with Crippen LogP contribution in [0.4, 0.5) is 0 Å². The Balaban J connectivity index is 0.000000514.